The van der Waals surface area contributed by atoms with Crippen LogP contribution in [0.25, 0.3) is 0 Å². The van der Waals surface area contributed by atoms with E-state index in [0.717, 1.165) is 11.1 Å². The Bertz CT molecular complexity index is 1200. The molecule has 1 heterocycles. The Hall–Kier alpha value is -2.54. The Balaban J connectivity index is 1.31. The van der Waals surface area contributed by atoms with Gasteiger partial charge in [0, 0.05) is 18.7 Å². The molecule has 0 atom stereocenters. The Morgan fingerprint density at radius 2 is 1.78 bits per heavy atom. The summed E-state index contributed by atoms with van der Waals surface area (Å²) < 4.78 is 30.1. The molecule has 0 saturated heterocycles. The minimum absolute atomic E-state index is 0.0580. The smallest absolute Gasteiger partial charge is 0.413 e. The van der Waals surface area contributed by atoms with Crippen LogP contribution < -0.4 is 10.6 Å². The first kappa shape index (κ1) is 28.0. The lowest BCUT2D eigenvalue weighted by Gasteiger charge is -2.14. The van der Waals surface area contributed by atoms with Crippen molar-refractivity contribution < 1.29 is 27.9 Å². The Labute approximate surface area is 219 Å². The average molecular weight is 557 g/mol. The monoisotopic (exact) mass is 556 g/mol. The summed E-state index contributed by atoms with van der Waals surface area (Å²) in [4.78, 5) is 28.6. The number of carboxylic acid groups (broad SMARTS) is 1. The number of ketones is 1. The zero-order valence-electron chi connectivity index (χ0n) is 19.2. The van der Waals surface area contributed by atoms with Crippen LogP contribution >= 0.6 is 23.2 Å². The lowest BCUT2D eigenvalue weighted by Crippen LogP contribution is -2.33. The van der Waals surface area contributed by atoms with Gasteiger partial charge < -0.3 is 20.5 Å². The number of nitrogens with one attached hydrogen (secondary N) is 2. The number of hydrogen-bond acceptors (Lipinski definition) is 8. The molecule has 10 nitrogen and oxygen atoms in total. The van der Waals surface area contributed by atoms with Crippen LogP contribution in [0.15, 0.2) is 52.4 Å². The molecule has 0 unspecified atom stereocenters. The van der Waals surface area contributed by atoms with E-state index in [1.807, 2.05) is 12.1 Å². The molecule has 36 heavy (non-hydrogen) atoms. The fourth-order valence-corrected chi connectivity index (χ4v) is 5.83. The Morgan fingerprint density at radius 3 is 2.44 bits per heavy atom. The van der Waals surface area contributed by atoms with Crippen LogP contribution in [0, 0.1) is 0 Å². The number of benzene rings is 2. The number of amidine groups is 1. The molecule has 2 aromatic rings. The summed E-state index contributed by atoms with van der Waals surface area (Å²) >= 11 is 11.9. The lowest BCUT2D eigenvalue weighted by atomic mass is 10.1. The van der Waals surface area contributed by atoms with Crippen molar-refractivity contribution in [3.63, 3.8) is 0 Å². The number of halogens is 2. The first-order valence-electron chi connectivity index (χ1n) is 11.0. The number of aliphatic imine (C=N–C) groups is 1. The summed E-state index contributed by atoms with van der Waals surface area (Å²) in [6, 6.07) is 11.8. The van der Waals surface area contributed by atoms with E-state index in [1.54, 1.807) is 18.2 Å². The van der Waals surface area contributed by atoms with Crippen molar-refractivity contribution in [2.24, 2.45) is 4.99 Å². The van der Waals surface area contributed by atoms with E-state index in [-0.39, 0.29) is 52.9 Å². The molecule has 194 valence electrons. The normalized spacial score (nSPS) is 13.6. The summed E-state index contributed by atoms with van der Waals surface area (Å²) in [6.07, 6.45) is -1.03. The predicted molar refractivity (Wildman–Crippen MR) is 137 cm³/mol. The minimum atomic E-state index is -3.72. The standard InChI is InChI=1S/C23H26Cl2N4O6S/c24-19-2-1-3-20(25)21(19)36(33,34)15-26-9-11-35-14-18(30)13-27-12-16-4-6-17(7-5-16)22-28-8-10-29(22)23(31)32/h1-7,26-27H,8-15H2,(H,31,32). The van der Waals surface area contributed by atoms with Gasteiger partial charge in [-0.25, -0.2) is 13.2 Å². The average Bonchev–Trinajstić information content (AvgIpc) is 3.32. The molecule has 1 aliphatic heterocycles. The molecule has 3 N–H and O–H groups in total. The summed E-state index contributed by atoms with van der Waals surface area (Å²) in [5, 5.41) is 15.1. The summed E-state index contributed by atoms with van der Waals surface area (Å²) in [5.74, 6) is -0.0796. The topological polar surface area (TPSA) is 137 Å². The van der Waals surface area contributed by atoms with Crippen LogP contribution in [0.4, 0.5) is 4.79 Å². The van der Waals surface area contributed by atoms with Gasteiger partial charge in [-0.15, -0.1) is 0 Å². The largest absolute Gasteiger partial charge is 0.465 e. The highest BCUT2D eigenvalue weighted by molar-refractivity contribution is 7.91. The fraction of sp³-hybridized carbons (Fsp3) is 0.348. The third-order valence-corrected chi connectivity index (χ3v) is 7.64. The van der Waals surface area contributed by atoms with Crippen LogP contribution in [0.2, 0.25) is 10.0 Å². The fourth-order valence-electron chi connectivity index (χ4n) is 3.44. The van der Waals surface area contributed by atoms with Gasteiger partial charge in [-0.05, 0) is 17.7 Å². The minimum Gasteiger partial charge on any atom is -0.465 e. The van der Waals surface area contributed by atoms with Crippen molar-refractivity contribution in [2.75, 3.05) is 45.3 Å². The molecule has 0 radical (unpaired) electrons. The molecule has 0 spiro atoms. The molecule has 1 aliphatic rings. The molecular weight excluding hydrogens is 531 g/mol. The molecular formula is C23H26Cl2N4O6S. The number of rotatable bonds is 13. The Morgan fingerprint density at radius 1 is 1.08 bits per heavy atom. The molecule has 3 rings (SSSR count). The number of carbonyl (C=O) groups excluding carboxylic acids is 1. The number of nitrogens with zero attached hydrogens (tertiary/aromatic N) is 2. The van der Waals surface area contributed by atoms with E-state index >= 15 is 0 Å². The van der Waals surface area contributed by atoms with E-state index in [4.69, 9.17) is 27.9 Å². The zero-order chi connectivity index (χ0) is 26.1. The maximum Gasteiger partial charge on any atom is 0.413 e. The van der Waals surface area contributed by atoms with Crippen molar-refractivity contribution in [3.8, 4) is 0 Å². The second-order valence-corrected chi connectivity index (χ2v) is 10.6. The van der Waals surface area contributed by atoms with Crippen molar-refractivity contribution in [1.82, 2.24) is 15.5 Å². The molecule has 0 bridgehead atoms. The molecule has 13 heteroatoms. The van der Waals surface area contributed by atoms with Gasteiger partial charge in [0.1, 0.15) is 23.2 Å². The number of sulfone groups is 1. The van der Waals surface area contributed by atoms with E-state index < -0.39 is 15.9 Å². The first-order chi connectivity index (χ1) is 17.2. The van der Waals surface area contributed by atoms with E-state index in [1.165, 1.54) is 17.0 Å². The summed E-state index contributed by atoms with van der Waals surface area (Å²) in [6.45, 7) is 1.61. The number of hydrogen-bond donors (Lipinski definition) is 3. The quantitative estimate of drug-likeness (QED) is 0.320. The maximum absolute atomic E-state index is 12.4. The van der Waals surface area contributed by atoms with Crippen LogP contribution in [0.1, 0.15) is 11.1 Å². The first-order valence-corrected chi connectivity index (χ1v) is 13.4. The second kappa shape index (κ2) is 13.1. The third kappa shape index (κ3) is 7.73. The predicted octanol–water partition coefficient (Wildman–Crippen LogP) is 2.43. The van der Waals surface area contributed by atoms with Crippen LogP contribution in [-0.4, -0.2) is 81.4 Å². The van der Waals surface area contributed by atoms with Gasteiger partial charge in [-0.1, -0.05) is 53.5 Å². The van der Waals surface area contributed by atoms with Crippen molar-refractivity contribution in [3.05, 3.63) is 63.6 Å². The van der Waals surface area contributed by atoms with Gasteiger partial charge in [0.05, 0.1) is 36.3 Å². The number of Topliss-reactive ketones (excluding diaryl/α,β-unsaturated/α-hetero) is 1. The van der Waals surface area contributed by atoms with Crippen LogP contribution in [0.5, 0.6) is 0 Å². The lowest BCUT2D eigenvalue weighted by molar-refractivity contribution is -0.122. The van der Waals surface area contributed by atoms with Gasteiger partial charge in [0.2, 0.25) is 0 Å². The molecule has 0 fully saturated rings. The van der Waals surface area contributed by atoms with Gasteiger partial charge in [-0.2, -0.15) is 0 Å². The van der Waals surface area contributed by atoms with Gasteiger partial charge >= 0.3 is 6.09 Å². The zero-order valence-corrected chi connectivity index (χ0v) is 21.6. The molecule has 0 aromatic heterocycles. The highest BCUT2D eigenvalue weighted by Crippen LogP contribution is 2.29. The maximum atomic E-state index is 12.4. The Kier molecular flexibility index (Phi) is 10.2. The van der Waals surface area contributed by atoms with Gasteiger partial charge in [-0.3, -0.25) is 14.7 Å². The van der Waals surface area contributed by atoms with Crippen molar-refractivity contribution in [1.29, 1.82) is 0 Å². The van der Waals surface area contributed by atoms with Crippen LogP contribution in [-0.2, 0) is 25.9 Å². The third-order valence-electron chi connectivity index (χ3n) is 5.14. The number of amides is 1. The summed E-state index contributed by atoms with van der Waals surface area (Å²) in [5.41, 5.74) is 1.65. The van der Waals surface area contributed by atoms with Gasteiger partial charge in [0.25, 0.3) is 0 Å². The highest BCUT2D eigenvalue weighted by atomic mass is 35.5. The number of ether oxygens (including phenoxy) is 1. The summed E-state index contributed by atoms with van der Waals surface area (Å²) in [7, 11) is -3.72. The van der Waals surface area contributed by atoms with E-state index in [0.29, 0.717) is 25.5 Å². The van der Waals surface area contributed by atoms with E-state index in [9.17, 15) is 23.1 Å². The highest BCUT2D eigenvalue weighted by Gasteiger charge is 2.24. The second-order valence-electron chi connectivity index (χ2n) is 7.84. The van der Waals surface area contributed by atoms with Crippen molar-refractivity contribution in [2.45, 2.75) is 11.4 Å². The molecule has 0 saturated carbocycles. The van der Waals surface area contributed by atoms with Crippen LogP contribution in [0.3, 0.4) is 0 Å². The molecule has 2 aromatic carbocycles. The SMILES string of the molecule is O=C(CNCc1ccc(C2=NCCN2C(=O)O)cc1)COCCNCS(=O)(=O)c1c(Cl)cccc1Cl. The molecule has 1 amide bonds. The van der Waals surface area contributed by atoms with Gasteiger partial charge in [0.15, 0.2) is 15.6 Å². The van der Waals surface area contributed by atoms with E-state index in [2.05, 4.69) is 15.6 Å². The molecule has 0 aliphatic carbocycles. The van der Waals surface area contributed by atoms with Crippen molar-refractivity contribution >= 4 is 50.8 Å². The number of carbonyl (C=O) groups is 2.